The van der Waals surface area contributed by atoms with Crippen molar-refractivity contribution in [2.45, 2.75) is 30.8 Å². The van der Waals surface area contributed by atoms with Crippen LogP contribution in [-0.2, 0) is 11.3 Å². The molecule has 3 heterocycles. The van der Waals surface area contributed by atoms with Gasteiger partial charge < -0.3 is 9.88 Å². The van der Waals surface area contributed by atoms with Crippen LogP contribution in [0.3, 0.4) is 0 Å². The predicted octanol–water partition coefficient (Wildman–Crippen LogP) is 2.03. The Hall–Kier alpha value is -2.68. The highest BCUT2D eigenvalue weighted by atomic mass is 32.2. The number of benzene rings is 1. The number of nitrogens with one attached hydrogen (secondary N) is 1. The zero-order valence-corrected chi connectivity index (χ0v) is 15.3. The number of hydrogen-bond acceptors (Lipinski definition) is 6. The molecule has 3 amide bonds. The van der Waals surface area contributed by atoms with E-state index in [1.54, 1.807) is 6.92 Å². The first kappa shape index (κ1) is 16.8. The molecule has 1 saturated heterocycles. The molecule has 0 spiro atoms. The van der Waals surface area contributed by atoms with Crippen LogP contribution in [0.2, 0.25) is 0 Å². The maximum absolute atomic E-state index is 12.5. The van der Waals surface area contributed by atoms with Gasteiger partial charge in [-0.2, -0.15) is 0 Å². The summed E-state index contributed by atoms with van der Waals surface area (Å²) in [6.07, 6.45) is 0. The summed E-state index contributed by atoms with van der Waals surface area (Å²) < 4.78 is 2.09. The number of hydrogen-bond donors (Lipinski definition) is 1. The fourth-order valence-corrected chi connectivity index (χ4v) is 3.94. The first-order chi connectivity index (χ1) is 12.6. The van der Waals surface area contributed by atoms with Crippen molar-refractivity contribution in [3.05, 3.63) is 24.3 Å². The highest BCUT2D eigenvalue weighted by Crippen LogP contribution is 2.28. The molecule has 3 aromatic rings. The lowest BCUT2D eigenvalue weighted by Gasteiger charge is -2.16. The Balaban J connectivity index is 1.66. The summed E-state index contributed by atoms with van der Waals surface area (Å²) in [7, 11) is 0. The van der Waals surface area contributed by atoms with Crippen LogP contribution in [-0.4, -0.2) is 54.9 Å². The van der Waals surface area contributed by atoms with Crippen LogP contribution < -0.4 is 5.32 Å². The van der Waals surface area contributed by atoms with Gasteiger partial charge in [0.25, 0.3) is 0 Å². The van der Waals surface area contributed by atoms with Gasteiger partial charge in [0, 0.05) is 25.0 Å². The maximum Gasteiger partial charge on any atom is 0.324 e. The molecular formula is C17H18N6O2S. The molecule has 0 unspecified atom stereocenters. The highest BCUT2D eigenvalue weighted by molar-refractivity contribution is 8.00. The van der Waals surface area contributed by atoms with E-state index in [1.807, 2.05) is 24.3 Å². The minimum absolute atomic E-state index is 0.246. The van der Waals surface area contributed by atoms with Gasteiger partial charge in [0.15, 0.2) is 5.65 Å². The molecule has 0 aliphatic carbocycles. The number of para-hydroxylation sites is 1. The number of thioether (sulfide) groups is 1. The second-order valence-corrected chi connectivity index (χ2v) is 7.32. The number of rotatable bonds is 4. The Morgan fingerprint density at radius 2 is 2.15 bits per heavy atom. The quantitative estimate of drug-likeness (QED) is 0.707. The Morgan fingerprint density at radius 1 is 1.35 bits per heavy atom. The summed E-state index contributed by atoms with van der Waals surface area (Å²) in [4.78, 5) is 30.0. The number of urea groups is 1. The highest BCUT2D eigenvalue weighted by Gasteiger charge is 2.30. The second kappa shape index (κ2) is 6.56. The summed E-state index contributed by atoms with van der Waals surface area (Å²) in [5, 5.41) is 12.1. The molecule has 8 nitrogen and oxygen atoms in total. The first-order valence-corrected chi connectivity index (χ1v) is 9.35. The van der Waals surface area contributed by atoms with E-state index in [9.17, 15) is 9.59 Å². The maximum atomic E-state index is 12.5. The molecule has 0 bridgehead atoms. The molecule has 2 aromatic heterocycles. The Kier molecular flexibility index (Phi) is 4.23. The largest absolute Gasteiger partial charge is 0.336 e. The lowest BCUT2D eigenvalue weighted by Crippen LogP contribution is -2.39. The number of nitrogens with zero attached hydrogens (tertiary/aromatic N) is 5. The first-order valence-electron chi connectivity index (χ1n) is 8.47. The number of aromatic nitrogens is 4. The molecule has 1 fully saturated rings. The van der Waals surface area contributed by atoms with E-state index in [0.29, 0.717) is 18.2 Å². The normalized spacial score (nSPS) is 15.6. The van der Waals surface area contributed by atoms with Crippen molar-refractivity contribution in [2.75, 3.05) is 13.1 Å². The summed E-state index contributed by atoms with van der Waals surface area (Å²) in [6, 6.07) is 7.65. The van der Waals surface area contributed by atoms with Gasteiger partial charge in [-0.1, -0.05) is 30.0 Å². The number of imide groups is 1. The number of carbonyl (C=O) groups excluding carboxylic acids is 2. The van der Waals surface area contributed by atoms with Crippen molar-refractivity contribution < 1.29 is 9.59 Å². The van der Waals surface area contributed by atoms with Gasteiger partial charge in [-0.15, -0.1) is 10.2 Å². The standard InChI is InChI=1S/C17H18N6O2S/c1-3-22-12-7-5-4-6-11(12)13-14(22)19-16(21-20-13)26-10(2)15(24)23-9-8-18-17(23)25/h4-7,10H,3,8-9H2,1-2H3,(H,18,25)/t10-/m1/s1. The third-order valence-corrected chi connectivity index (χ3v) is 5.36. The van der Waals surface area contributed by atoms with Crippen LogP contribution in [0.15, 0.2) is 29.4 Å². The number of aryl methyl sites for hydroxylation is 1. The zero-order chi connectivity index (χ0) is 18.3. The van der Waals surface area contributed by atoms with E-state index < -0.39 is 5.25 Å². The van der Waals surface area contributed by atoms with Crippen LogP contribution in [0.5, 0.6) is 0 Å². The smallest absolute Gasteiger partial charge is 0.324 e. The van der Waals surface area contributed by atoms with Crippen molar-refractivity contribution in [3.8, 4) is 0 Å². The van der Waals surface area contributed by atoms with E-state index in [2.05, 4.69) is 32.0 Å². The molecule has 26 heavy (non-hydrogen) atoms. The topological polar surface area (TPSA) is 93.0 Å². The minimum atomic E-state index is -0.474. The number of fused-ring (bicyclic) bond motifs is 3. The van der Waals surface area contributed by atoms with Gasteiger partial charge in [0.1, 0.15) is 5.52 Å². The van der Waals surface area contributed by atoms with Gasteiger partial charge >= 0.3 is 6.03 Å². The van der Waals surface area contributed by atoms with Gasteiger partial charge in [-0.25, -0.2) is 9.78 Å². The Labute approximate surface area is 154 Å². The van der Waals surface area contributed by atoms with Crippen molar-refractivity contribution in [1.82, 2.24) is 30.0 Å². The molecule has 0 radical (unpaired) electrons. The molecule has 9 heteroatoms. The molecular weight excluding hydrogens is 352 g/mol. The monoisotopic (exact) mass is 370 g/mol. The third kappa shape index (κ3) is 2.68. The average Bonchev–Trinajstić information content (AvgIpc) is 3.21. The lowest BCUT2D eigenvalue weighted by atomic mass is 10.2. The molecule has 0 saturated carbocycles. The third-order valence-electron chi connectivity index (χ3n) is 4.42. The van der Waals surface area contributed by atoms with Gasteiger partial charge in [0.05, 0.1) is 10.8 Å². The fourth-order valence-electron chi connectivity index (χ4n) is 3.17. The minimum Gasteiger partial charge on any atom is -0.336 e. The van der Waals surface area contributed by atoms with Crippen LogP contribution >= 0.6 is 11.8 Å². The lowest BCUT2D eigenvalue weighted by molar-refractivity contribution is -0.126. The van der Waals surface area contributed by atoms with Crippen molar-refractivity contribution >= 4 is 45.8 Å². The van der Waals surface area contributed by atoms with E-state index >= 15 is 0 Å². The zero-order valence-electron chi connectivity index (χ0n) is 14.5. The van der Waals surface area contributed by atoms with Crippen molar-refractivity contribution in [2.24, 2.45) is 0 Å². The average molecular weight is 370 g/mol. The van der Waals surface area contributed by atoms with Crippen LogP contribution in [0.25, 0.3) is 22.1 Å². The van der Waals surface area contributed by atoms with Crippen LogP contribution in [0.1, 0.15) is 13.8 Å². The van der Waals surface area contributed by atoms with E-state index in [1.165, 1.54) is 16.7 Å². The van der Waals surface area contributed by atoms with Gasteiger partial charge in [-0.3, -0.25) is 9.69 Å². The molecule has 1 aliphatic rings. The van der Waals surface area contributed by atoms with Crippen LogP contribution in [0.4, 0.5) is 4.79 Å². The molecule has 1 atom stereocenters. The van der Waals surface area contributed by atoms with E-state index in [0.717, 1.165) is 28.6 Å². The molecule has 1 aromatic carbocycles. The molecule has 4 rings (SSSR count). The SMILES string of the molecule is CCn1c2ccccc2c2nnc(S[C@H](C)C(=O)N3CCNC3=O)nc21. The summed E-state index contributed by atoms with van der Waals surface area (Å²) in [6.45, 7) is 5.45. The summed E-state index contributed by atoms with van der Waals surface area (Å²) in [5.41, 5.74) is 2.57. The molecule has 134 valence electrons. The molecule has 1 aliphatic heterocycles. The molecule has 1 N–H and O–H groups in total. The van der Waals surface area contributed by atoms with Crippen LogP contribution in [0, 0.1) is 0 Å². The predicted molar refractivity (Wildman–Crippen MR) is 98.9 cm³/mol. The van der Waals surface area contributed by atoms with E-state index in [-0.39, 0.29) is 11.9 Å². The van der Waals surface area contributed by atoms with Crippen molar-refractivity contribution in [1.29, 1.82) is 0 Å². The number of amides is 3. The van der Waals surface area contributed by atoms with Crippen molar-refractivity contribution in [3.63, 3.8) is 0 Å². The fraction of sp³-hybridized carbons (Fsp3) is 0.353. The number of carbonyl (C=O) groups is 2. The summed E-state index contributed by atoms with van der Waals surface area (Å²) in [5.74, 6) is -0.246. The second-order valence-electron chi connectivity index (χ2n) is 6.01. The Morgan fingerprint density at radius 3 is 2.88 bits per heavy atom. The van der Waals surface area contributed by atoms with E-state index in [4.69, 9.17) is 0 Å². The Bertz CT molecular complexity index is 1020. The van der Waals surface area contributed by atoms with Gasteiger partial charge in [0.2, 0.25) is 11.1 Å². The van der Waals surface area contributed by atoms with Gasteiger partial charge in [-0.05, 0) is 19.9 Å². The summed E-state index contributed by atoms with van der Waals surface area (Å²) >= 11 is 1.22.